The van der Waals surface area contributed by atoms with Gasteiger partial charge in [0.15, 0.2) is 0 Å². The second-order valence-corrected chi connectivity index (χ2v) is 4.57. The first-order valence-corrected chi connectivity index (χ1v) is 6.31. The van der Waals surface area contributed by atoms with Gasteiger partial charge in [-0.2, -0.15) is 0 Å². The van der Waals surface area contributed by atoms with Gasteiger partial charge in [-0.05, 0) is 6.42 Å². The molecule has 1 aliphatic rings. The van der Waals surface area contributed by atoms with Crippen molar-refractivity contribution in [2.75, 3.05) is 60.3 Å². The number of nitrogens with two attached hydrogens (primary N) is 1. The standard InChI is InChI=1S/C12H26N2O3/c1-15-7-4-14(5-8-16-2)9-12(13)11-3-6-17-10-11/h11-12H,3-10,13H2,1-2H3. The lowest BCUT2D eigenvalue weighted by atomic mass is 9.99. The molecule has 17 heavy (non-hydrogen) atoms. The third kappa shape index (κ3) is 5.79. The van der Waals surface area contributed by atoms with Gasteiger partial charge in [0, 0.05) is 52.4 Å². The molecule has 0 aromatic carbocycles. The van der Waals surface area contributed by atoms with Gasteiger partial charge in [-0.3, -0.25) is 4.90 Å². The van der Waals surface area contributed by atoms with E-state index in [9.17, 15) is 0 Å². The van der Waals surface area contributed by atoms with Crippen LogP contribution >= 0.6 is 0 Å². The van der Waals surface area contributed by atoms with Crippen LogP contribution < -0.4 is 5.73 Å². The van der Waals surface area contributed by atoms with Crippen LogP contribution in [0.25, 0.3) is 0 Å². The van der Waals surface area contributed by atoms with Crippen LogP contribution in [0.5, 0.6) is 0 Å². The smallest absolute Gasteiger partial charge is 0.0589 e. The first-order chi connectivity index (χ1) is 8.27. The van der Waals surface area contributed by atoms with Crippen molar-refractivity contribution < 1.29 is 14.2 Å². The zero-order valence-electron chi connectivity index (χ0n) is 11.1. The van der Waals surface area contributed by atoms with E-state index in [0.29, 0.717) is 5.92 Å². The van der Waals surface area contributed by atoms with Gasteiger partial charge in [-0.25, -0.2) is 0 Å². The predicted octanol–water partition coefficient (Wildman–Crippen LogP) is -0.0550. The number of nitrogens with zero attached hydrogens (tertiary/aromatic N) is 1. The van der Waals surface area contributed by atoms with Crippen LogP contribution in [0, 0.1) is 5.92 Å². The summed E-state index contributed by atoms with van der Waals surface area (Å²) in [6, 6.07) is 0.186. The quantitative estimate of drug-likeness (QED) is 0.618. The lowest BCUT2D eigenvalue weighted by molar-refractivity contribution is 0.103. The van der Waals surface area contributed by atoms with Gasteiger partial charge in [0.25, 0.3) is 0 Å². The van der Waals surface area contributed by atoms with Crippen molar-refractivity contribution in [1.82, 2.24) is 4.90 Å². The molecule has 2 unspecified atom stereocenters. The molecule has 1 heterocycles. The summed E-state index contributed by atoms with van der Waals surface area (Å²) in [4.78, 5) is 2.30. The number of methoxy groups -OCH3 is 2. The molecule has 0 aromatic rings. The Morgan fingerprint density at radius 2 is 1.94 bits per heavy atom. The van der Waals surface area contributed by atoms with E-state index < -0.39 is 0 Å². The van der Waals surface area contributed by atoms with Gasteiger partial charge < -0.3 is 19.9 Å². The first-order valence-electron chi connectivity index (χ1n) is 6.31. The molecule has 2 N–H and O–H groups in total. The summed E-state index contributed by atoms with van der Waals surface area (Å²) in [5.74, 6) is 0.502. The van der Waals surface area contributed by atoms with Crippen molar-refractivity contribution in [3.63, 3.8) is 0 Å². The topological polar surface area (TPSA) is 57.0 Å². The average molecular weight is 246 g/mol. The van der Waals surface area contributed by atoms with Crippen molar-refractivity contribution in [1.29, 1.82) is 0 Å². The summed E-state index contributed by atoms with van der Waals surface area (Å²) in [6.45, 7) is 5.83. The molecule has 2 atom stereocenters. The molecule has 0 saturated carbocycles. The van der Waals surface area contributed by atoms with Crippen molar-refractivity contribution in [2.45, 2.75) is 12.5 Å². The molecular weight excluding hydrogens is 220 g/mol. The highest BCUT2D eigenvalue weighted by molar-refractivity contribution is 4.79. The van der Waals surface area contributed by atoms with Crippen molar-refractivity contribution in [3.05, 3.63) is 0 Å². The minimum atomic E-state index is 0.186. The lowest BCUT2D eigenvalue weighted by Crippen LogP contribution is -2.44. The zero-order chi connectivity index (χ0) is 12.5. The summed E-state index contributed by atoms with van der Waals surface area (Å²) in [7, 11) is 3.44. The maximum Gasteiger partial charge on any atom is 0.0589 e. The predicted molar refractivity (Wildman–Crippen MR) is 67.1 cm³/mol. The van der Waals surface area contributed by atoms with Crippen LogP contribution in [0.3, 0.4) is 0 Å². The summed E-state index contributed by atoms with van der Waals surface area (Å²) >= 11 is 0. The molecule has 1 fully saturated rings. The van der Waals surface area contributed by atoms with Gasteiger partial charge in [0.1, 0.15) is 0 Å². The lowest BCUT2D eigenvalue weighted by Gasteiger charge is -2.27. The second kappa shape index (κ2) is 8.83. The fraction of sp³-hybridized carbons (Fsp3) is 1.00. The molecule has 0 amide bonds. The Morgan fingerprint density at radius 3 is 2.41 bits per heavy atom. The summed E-state index contributed by atoms with van der Waals surface area (Å²) in [5, 5.41) is 0. The van der Waals surface area contributed by atoms with Crippen molar-refractivity contribution in [3.8, 4) is 0 Å². The monoisotopic (exact) mass is 246 g/mol. The van der Waals surface area contributed by atoms with Gasteiger partial charge in [0.05, 0.1) is 19.8 Å². The fourth-order valence-electron chi connectivity index (χ4n) is 2.07. The van der Waals surface area contributed by atoms with E-state index in [1.807, 2.05) is 0 Å². The molecule has 5 nitrogen and oxygen atoms in total. The number of hydrogen-bond acceptors (Lipinski definition) is 5. The van der Waals surface area contributed by atoms with Crippen LogP contribution in [0.4, 0.5) is 0 Å². The Kier molecular flexibility index (Phi) is 7.72. The zero-order valence-corrected chi connectivity index (χ0v) is 11.1. The Morgan fingerprint density at radius 1 is 1.29 bits per heavy atom. The molecule has 0 spiro atoms. The molecule has 1 rings (SSSR count). The van der Waals surface area contributed by atoms with Crippen LogP contribution in [0.2, 0.25) is 0 Å². The van der Waals surface area contributed by atoms with Crippen molar-refractivity contribution >= 4 is 0 Å². The summed E-state index contributed by atoms with van der Waals surface area (Å²) in [5.41, 5.74) is 6.22. The highest BCUT2D eigenvalue weighted by Gasteiger charge is 2.24. The average Bonchev–Trinajstić information content (AvgIpc) is 2.86. The van der Waals surface area contributed by atoms with E-state index in [1.165, 1.54) is 0 Å². The Balaban J connectivity index is 2.28. The Labute approximate surface area is 104 Å². The van der Waals surface area contributed by atoms with Crippen molar-refractivity contribution in [2.24, 2.45) is 11.7 Å². The number of rotatable bonds is 9. The van der Waals surface area contributed by atoms with Crippen LogP contribution in [-0.2, 0) is 14.2 Å². The Bertz CT molecular complexity index is 179. The third-order valence-electron chi connectivity index (χ3n) is 3.26. The highest BCUT2D eigenvalue weighted by atomic mass is 16.5. The SMILES string of the molecule is COCCN(CCOC)CC(N)C1CCOC1. The van der Waals surface area contributed by atoms with Gasteiger partial charge in [-0.15, -0.1) is 0 Å². The number of ether oxygens (including phenoxy) is 3. The molecular formula is C12H26N2O3. The number of hydrogen-bond donors (Lipinski definition) is 1. The maximum atomic E-state index is 6.22. The Hall–Kier alpha value is -0.200. The summed E-state index contributed by atoms with van der Waals surface area (Å²) < 4.78 is 15.6. The normalized spacial score (nSPS) is 22.2. The van der Waals surface area contributed by atoms with E-state index in [4.69, 9.17) is 19.9 Å². The minimum Gasteiger partial charge on any atom is -0.383 e. The van der Waals surface area contributed by atoms with E-state index in [1.54, 1.807) is 14.2 Å². The molecule has 102 valence electrons. The third-order valence-corrected chi connectivity index (χ3v) is 3.26. The molecule has 5 heteroatoms. The van der Waals surface area contributed by atoms with Gasteiger partial charge in [-0.1, -0.05) is 0 Å². The molecule has 0 aromatic heterocycles. The van der Waals surface area contributed by atoms with Crippen LogP contribution in [-0.4, -0.2) is 71.2 Å². The molecule has 1 saturated heterocycles. The van der Waals surface area contributed by atoms with E-state index in [-0.39, 0.29) is 6.04 Å². The van der Waals surface area contributed by atoms with Gasteiger partial charge >= 0.3 is 0 Å². The molecule has 0 bridgehead atoms. The highest BCUT2D eigenvalue weighted by Crippen LogP contribution is 2.16. The minimum absolute atomic E-state index is 0.186. The van der Waals surface area contributed by atoms with E-state index in [0.717, 1.165) is 52.5 Å². The van der Waals surface area contributed by atoms with E-state index >= 15 is 0 Å². The summed E-state index contributed by atoms with van der Waals surface area (Å²) in [6.07, 6.45) is 1.09. The van der Waals surface area contributed by atoms with Gasteiger partial charge in [0.2, 0.25) is 0 Å². The molecule has 1 aliphatic heterocycles. The van der Waals surface area contributed by atoms with E-state index in [2.05, 4.69) is 4.90 Å². The van der Waals surface area contributed by atoms with Crippen LogP contribution in [0.15, 0.2) is 0 Å². The largest absolute Gasteiger partial charge is 0.383 e. The maximum absolute atomic E-state index is 6.22. The molecule has 0 radical (unpaired) electrons. The van der Waals surface area contributed by atoms with Crippen LogP contribution in [0.1, 0.15) is 6.42 Å². The fourth-order valence-corrected chi connectivity index (χ4v) is 2.07. The molecule has 0 aliphatic carbocycles. The first kappa shape index (κ1) is 14.9. The second-order valence-electron chi connectivity index (χ2n) is 4.57.